The molecular weight excluding hydrogens is 356 g/mol. The predicted octanol–water partition coefficient (Wildman–Crippen LogP) is 2.77. The molecule has 1 atom stereocenters. The van der Waals surface area contributed by atoms with E-state index in [0.29, 0.717) is 11.3 Å². The van der Waals surface area contributed by atoms with Crippen molar-refractivity contribution in [3.8, 4) is 0 Å². The summed E-state index contributed by atoms with van der Waals surface area (Å²) < 4.78 is 5.29. The van der Waals surface area contributed by atoms with Gasteiger partial charge in [0.05, 0.1) is 12.2 Å². The number of aryl methyl sites for hydroxylation is 1. The third-order valence-corrected chi connectivity index (χ3v) is 5.51. The quantitative estimate of drug-likeness (QED) is 0.732. The number of nitrogens with zero attached hydrogens (tertiary/aromatic N) is 2. The Hall–Kier alpha value is -2.63. The molecule has 0 saturated carbocycles. The van der Waals surface area contributed by atoms with E-state index in [2.05, 4.69) is 0 Å². The van der Waals surface area contributed by atoms with E-state index >= 15 is 0 Å². The molecule has 2 aliphatic heterocycles. The van der Waals surface area contributed by atoms with E-state index in [-0.39, 0.29) is 37.3 Å². The Morgan fingerprint density at radius 3 is 2.54 bits per heavy atom. The second-order valence-electron chi connectivity index (χ2n) is 7.46. The lowest BCUT2D eigenvalue weighted by molar-refractivity contribution is -0.142. The summed E-state index contributed by atoms with van der Waals surface area (Å²) in [7, 11) is 0. The van der Waals surface area contributed by atoms with Gasteiger partial charge in [0.25, 0.3) is 0 Å². The number of allylic oxidation sites excluding steroid dienone is 1. The van der Waals surface area contributed by atoms with E-state index in [9.17, 15) is 14.4 Å². The third-order valence-electron chi connectivity index (χ3n) is 5.51. The van der Waals surface area contributed by atoms with Gasteiger partial charge in [-0.05, 0) is 39.2 Å². The lowest BCUT2D eigenvalue weighted by Gasteiger charge is -2.35. The summed E-state index contributed by atoms with van der Waals surface area (Å²) in [5.41, 5.74) is 2.98. The van der Waals surface area contributed by atoms with Crippen molar-refractivity contribution in [3.63, 3.8) is 0 Å². The summed E-state index contributed by atoms with van der Waals surface area (Å²) >= 11 is 0. The van der Waals surface area contributed by atoms with Gasteiger partial charge in [0.1, 0.15) is 6.54 Å². The van der Waals surface area contributed by atoms with Crippen LogP contribution in [-0.4, -0.2) is 53.8 Å². The summed E-state index contributed by atoms with van der Waals surface area (Å²) in [5.74, 6) is -0.978. The second-order valence-corrected chi connectivity index (χ2v) is 7.46. The first-order valence-corrected chi connectivity index (χ1v) is 9.95. The number of carbonyl (C=O) groups is 3. The van der Waals surface area contributed by atoms with Gasteiger partial charge in [-0.25, -0.2) is 4.79 Å². The minimum absolute atomic E-state index is 0.0197. The molecule has 3 rings (SSSR count). The first-order valence-electron chi connectivity index (χ1n) is 9.95. The zero-order chi connectivity index (χ0) is 20.3. The van der Waals surface area contributed by atoms with Gasteiger partial charge in [-0.1, -0.05) is 29.8 Å². The van der Waals surface area contributed by atoms with Crippen LogP contribution in [0, 0.1) is 6.92 Å². The van der Waals surface area contributed by atoms with Crippen molar-refractivity contribution >= 4 is 17.8 Å². The van der Waals surface area contributed by atoms with Crippen LogP contribution in [-0.2, 0) is 19.1 Å². The minimum Gasteiger partial charge on any atom is -0.463 e. The monoisotopic (exact) mass is 384 g/mol. The average molecular weight is 384 g/mol. The number of ether oxygens (including phenoxy) is 1. The molecule has 6 nitrogen and oxygen atoms in total. The van der Waals surface area contributed by atoms with Gasteiger partial charge < -0.3 is 14.5 Å². The van der Waals surface area contributed by atoms with Crippen LogP contribution in [0.15, 0.2) is 35.5 Å². The molecule has 1 aromatic rings. The maximum Gasteiger partial charge on any atom is 0.336 e. The summed E-state index contributed by atoms with van der Waals surface area (Å²) in [6.07, 6.45) is 2.15. The Morgan fingerprint density at radius 2 is 1.89 bits per heavy atom. The molecule has 0 bridgehead atoms. The van der Waals surface area contributed by atoms with E-state index in [1.807, 2.05) is 31.2 Å². The predicted molar refractivity (Wildman–Crippen MR) is 105 cm³/mol. The van der Waals surface area contributed by atoms with Crippen molar-refractivity contribution < 1.29 is 19.1 Å². The molecule has 0 N–H and O–H groups in total. The average Bonchev–Trinajstić information content (AvgIpc) is 3.19. The maximum atomic E-state index is 12.9. The van der Waals surface area contributed by atoms with Crippen molar-refractivity contribution in [1.82, 2.24) is 9.80 Å². The fraction of sp³-hybridized carbons (Fsp3) is 0.500. The summed E-state index contributed by atoms with van der Waals surface area (Å²) in [6.45, 7) is 7.20. The molecule has 1 unspecified atom stereocenters. The molecule has 2 heterocycles. The van der Waals surface area contributed by atoms with Gasteiger partial charge >= 0.3 is 5.97 Å². The van der Waals surface area contributed by atoms with Gasteiger partial charge in [-0.2, -0.15) is 0 Å². The van der Waals surface area contributed by atoms with Crippen LogP contribution in [0.4, 0.5) is 0 Å². The number of hydrogen-bond donors (Lipinski definition) is 0. The normalized spacial score (nSPS) is 20.0. The Balaban J connectivity index is 1.95. The first kappa shape index (κ1) is 20.1. The van der Waals surface area contributed by atoms with Crippen LogP contribution in [0.5, 0.6) is 0 Å². The smallest absolute Gasteiger partial charge is 0.336 e. The van der Waals surface area contributed by atoms with Crippen molar-refractivity contribution in [2.75, 3.05) is 26.2 Å². The highest BCUT2D eigenvalue weighted by Crippen LogP contribution is 2.37. The molecule has 28 heavy (non-hydrogen) atoms. The van der Waals surface area contributed by atoms with E-state index in [4.69, 9.17) is 4.74 Å². The fourth-order valence-electron chi connectivity index (χ4n) is 4.05. The Morgan fingerprint density at radius 1 is 1.18 bits per heavy atom. The maximum absolute atomic E-state index is 12.9. The van der Waals surface area contributed by atoms with E-state index in [1.54, 1.807) is 18.7 Å². The molecule has 0 spiro atoms. The molecular formula is C22H28N2O4. The molecule has 6 heteroatoms. The van der Waals surface area contributed by atoms with E-state index in [1.165, 1.54) is 4.90 Å². The van der Waals surface area contributed by atoms with Crippen LogP contribution in [0.3, 0.4) is 0 Å². The Kier molecular flexibility index (Phi) is 6.17. The largest absolute Gasteiger partial charge is 0.463 e. The van der Waals surface area contributed by atoms with Gasteiger partial charge in [-0.3, -0.25) is 9.59 Å². The zero-order valence-electron chi connectivity index (χ0n) is 16.9. The van der Waals surface area contributed by atoms with Crippen molar-refractivity contribution in [2.24, 2.45) is 0 Å². The Bertz CT molecular complexity index is 809. The highest BCUT2D eigenvalue weighted by atomic mass is 16.5. The number of hydrogen-bond acceptors (Lipinski definition) is 4. The second kappa shape index (κ2) is 8.59. The highest BCUT2D eigenvalue weighted by molar-refractivity contribution is 5.97. The molecule has 0 aromatic heterocycles. The summed E-state index contributed by atoms with van der Waals surface area (Å²) in [5, 5.41) is 0. The molecule has 2 amide bonds. The van der Waals surface area contributed by atoms with Crippen LogP contribution >= 0.6 is 0 Å². The van der Waals surface area contributed by atoms with Gasteiger partial charge in [0.2, 0.25) is 11.8 Å². The number of carbonyl (C=O) groups excluding carboxylic acids is 3. The SMILES string of the molecule is CCOC(=O)C1=C(C)N(CC(=O)N2CCCC2)C(=O)CC1c1cccc(C)c1. The van der Waals surface area contributed by atoms with Crippen LogP contribution in [0.1, 0.15) is 50.2 Å². The Labute approximate surface area is 166 Å². The van der Waals surface area contributed by atoms with Gasteiger partial charge in [-0.15, -0.1) is 0 Å². The molecule has 1 aromatic carbocycles. The molecule has 150 valence electrons. The van der Waals surface area contributed by atoms with E-state index < -0.39 is 5.97 Å². The lowest BCUT2D eigenvalue weighted by atomic mass is 9.83. The fourth-order valence-corrected chi connectivity index (χ4v) is 4.05. The molecule has 0 radical (unpaired) electrons. The molecule has 0 aliphatic carbocycles. The molecule has 1 saturated heterocycles. The highest BCUT2D eigenvalue weighted by Gasteiger charge is 2.38. The van der Waals surface area contributed by atoms with Crippen molar-refractivity contribution in [1.29, 1.82) is 0 Å². The minimum atomic E-state index is -0.419. The van der Waals surface area contributed by atoms with Crippen LogP contribution in [0.25, 0.3) is 0 Å². The zero-order valence-corrected chi connectivity index (χ0v) is 16.9. The topological polar surface area (TPSA) is 66.9 Å². The number of esters is 1. The van der Waals surface area contributed by atoms with E-state index in [0.717, 1.165) is 37.1 Å². The summed E-state index contributed by atoms with van der Waals surface area (Å²) in [4.78, 5) is 41.5. The number of rotatable bonds is 5. The summed E-state index contributed by atoms with van der Waals surface area (Å²) in [6, 6.07) is 7.84. The molecule has 1 fully saturated rings. The first-order chi connectivity index (χ1) is 13.4. The van der Waals surface area contributed by atoms with Crippen molar-refractivity contribution in [3.05, 3.63) is 46.7 Å². The van der Waals surface area contributed by atoms with Crippen LogP contribution in [0.2, 0.25) is 0 Å². The standard InChI is InChI=1S/C22H28N2O4/c1-4-28-22(27)21-16(3)24(14-20(26)23-10-5-6-11-23)19(25)13-18(21)17-9-7-8-15(2)12-17/h7-9,12,18H,4-6,10-11,13-14H2,1-3H3. The van der Waals surface area contributed by atoms with Crippen LogP contribution < -0.4 is 0 Å². The number of benzene rings is 1. The number of likely N-dealkylation sites (tertiary alicyclic amines) is 1. The van der Waals surface area contributed by atoms with Gasteiger partial charge in [0, 0.05) is 31.1 Å². The third kappa shape index (κ3) is 4.11. The lowest BCUT2D eigenvalue weighted by Crippen LogP contribution is -2.44. The molecule has 2 aliphatic rings. The number of amides is 2. The van der Waals surface area contributed by atoms with Gasteiger partial charge in [0.15, 0.2) is 0 Å². The van der Waals surface area contributed by atoms with Crippen molar-refractivity contribution in [2.45, 2.75) is 46.0 Å².